The van der Waals surface area contributed by atoms with Crippen LogP contribution in [-0.4, -0.2) is 49.7 Å². The number of amides is 1. The Morgan fingerprint density at radius 2 is 1.62 bits per heavy atom. The van der Waals surface area contributed by atoms with E-state index in [0.717, 1.165) is 0 Å². The SMILES string of the molecule is N#Cc1ccccc1S(=O)(=O)N1CCN(C(=O)/C=C/c2c(Cl)cccc2Cl)CC1. The maximum absolute atomic E-state index is 12.9. The predicted octanol–water partition coefficient (Wildman–Crippen LogP) is 3.41. The van der Waals surface area contributed by atoms with Gasteiger partial charge in [-0.2, -0.15) is 9.57 Å². The molecule has 0 aliphatic carbocycles. The van der Waals surface area contributed by atoms with Crippen molar-refractivity contribution in [1.82, 2.24) is 9.21 Å². The molecule has 1 heterocycles. The summed E-state index contributed by atoms with van der Waals surface area (Å²) in [6.07, 6.45) is 2.93. The fourth-order valence-corrected chi connectivity index (χ4v) is 5.09. The van der Waals surface area contributed by atoms with Crippen LogP contribution < -0.4 is 0 Å². The van der Waals surface area contributed by atoms with Crippen LogP contribution in [0.4, 0.5) is 0 Å². The second kappa shape index (κ2) is 8.97. The molecule has 1 aliphatic heterocycles. The standard InChI is InChI=1S/C20H17Cl2N3O3S/c21-17-5-3-6-18(22)16(17)8-9-20(26)24-10-12-25(13-11-24)29(27,28)19-7-2-1-4-15(19)14-23/h1-9H,10-13H2/b9-8+. The molecule has 0 aromatic heterocycles. The average molecular weight is 450 g/mol. The molecule has 6 nitrogen and oxygen atoms in total. The summed E-state index contributed by atoms with van der Waals surface area (Å²) in [6, 6.07) is 13.1. The van der Waals surface area contributed by atoms with Gasteiger partial charge in [-0.1, -0.05) is 41.4 Å². The molecule has 29 heavy (non-hydrogen) atoms. The average Bonchev–Trinajstić information content (AvgIpc) is 2.73. The zero-order valence-corrected chi connectivity index (χ0v) is 17.6. The Balaban J connectivity index is 1.68. The number of benzene rings is 2. The van der Waals surface area contributed by atoms with Gasteiger partial charge in [-0.3, -0.25) is 4.79 Å². The predicted molar refractivity (Wildman–Crippen MR) is 112 cm³/mol. The van der Waals surface area contributed by atoms with E-state index >= 15 is 0 Å². The number of carbonyl (C=O) groups excluding carboxylic acids is 1. The monoisotopic (exact) mass is 449 g/mol. The van der Waals surface area contributed by atoms with Gasteiger partial charge in [0.15, 0.2) is 0 Å². The molecule has 2 aromatic rings. The Kier molecular flexibility index (Phi) is 6.60. The number of nitrogens with zero attached hydrogens (tertiary/aromatic N) is 3. The fraction of sp³-hybridized carbons (Fsp3) is 0.200. The third kappa shape index (κ3) is 4.62. The molecule has 3 rings (SSSR count). The molecule has 1 aliphatic rings. The van der Waals surface area contributed by atoms with Crippen molar-refractivity contribution in [2.45, 2.75) is 4.90 Å². The number of rotatable bonds is 4. The summed E-state index contributed by atoms with van der Waals surface area (Å²) in [5.74, 6) is -0.254. The summed E-state index contributed by atoms with van der Waals surface area (Å²) in [5, 5.41) is 10.1. The molecule has 1 fully saturated rings. The zero-order chi connectivity index (χ0) is 21.0. The first kappa shape index (κ1) is 21.3. The van der Waals surface area contributed by atoms with Crippen molar-refractivity contribution in [1.29, 1.82) is 5.26 Å². The van der Waals surface area contributed by atoms with Gasteiger partial charge >= 0.3 is 0 Å². The molecule has 0 N–H and O–H groups in total. The van der Waals surface area contributed by atoms with Gasteiger partial charge in [-0.15, -0.1) is 0 Å². The third-order valence-electron chi connectivity index (χ3n) is 4.57. The molecule has 2 aromatic carbocycles. The van der Waals surface area contributed by atoms with E-state index in [1.165, 1.54) is 22.5 Å². The number of sulfonamides is 1. The molecule has 0 unspecified atom stereocenters. The number of piperazine rings is 1. The molecule has 0 atom stereocenters. The van der Waals surface area contributed by atoms with Crippen LogP contribution in [0.25, 0.3) is 6.08 Å². The first-order chi connectivity index (χ1) is 13.8. The number of nitriles is 1. The molecule has 150 valence electrons. The minimum Gasteiger partial charge on any atom is -0.337 e. The van der Waals surface area contributed by atoms with E-state index in [0.29, 0.717) is 15.6 Å². The normalized spacial score (nSPS) is 15.4. The highest BCUT2D eigenvalue weighted by Crippen LogP contribution is 2.26. The smallest absolute Gasteiger partial charge is 0.246 e. The van der Waals surface area contributed by atoms with Gasteiger partial charge in [0.05, 0.1) is 10.5 Å². The van der Waals surface area contributed by atoms with Gasteiger partial charge in [0.1, 0.15) is 6.07 Å². The van der Waals surface area contributed by atoms with E-state index in [2.05, 4.69) is 0 Å². The largest absolute Gasteiger partial charge is 0.337 e. The lowest BCUT2D eigenvalue weighted by Gasteiger charge is -2.33. The van der Waals surface area contributed by atoms with Crippen LogP contribution in [0.15, 0.2) is 53.4 Å². The van der Waals surface area contributed by atoms with Gasteiger partial charge in [0.2, 0.25) is 15.9 Å². The minimum absolute atomic E-state index is 0.0180. The van der Waals surface area contributed by atoms with Crippen LogP contribution in [0.3, 0.4) is 0 Å². The molecule has 0 bridgehead atoms. The van der Waals surface area contributed by atoms with Crippen LogP contribution in [-0.2, 0) is 14.8 Å². The first-order valence-electron chi connectivity index (χ1n) is 8.75. The Hall–Kier alpha value is -2.37. The molecule has 1 saturated heterocycles. The Labute approximate surface area is 179 Å². The van der Waals surface area contributed by atoms with Crippen molar-refractivity contribution in [2.24, 2.45) is 0 Å². The second-order valence-electron chi connectivity index (χ2n) is 6.31. The van der Waals surface area contributed by atoms with Crippen LogP contribution in [0.2, 0.25) is 10.0 Å². The highest BCUT2D eigenvalue weighted by atomic mass is 35.5. The Morgan fingerprint density at radius 1 is 1.00 bits per heavy atom. The highest BCUT2D eigenvalue weighted by molar-refractivity contribution is 7.89. The lowest BCUT2D eigenvalue weighted by molar-refractivity contribution is -0.127. The summed E-state index contributed by atoms with van der Waals surface area (Å²) >= 11 is 12.2. The van der Waals surface area contributed by atoms with E-state index < -0.39 is 10.0 Å². The van der Waals surface area contributed by atoms with E-state index in [-0.39, 0.29) is 42.5 Å². The summed E-state index contributed by atoms with van der Waals surface area (Å²) in [5.41, 5.74) is 0.657. The van der Waals surface area contributed by atoms with Gasteiger partial charge in [0.25, 0.3) is 0 Å². The van der Waals surface area contributed by atoms with Crippen molar-refractivity contribution in [3.05, 3.63) is 69.7 Å². The lowest BCUT2D eigenvalue weighted by atomic mass is 10.2. The minimum atomic E-state index is -3.80. The summed E-state index contributed by atoms with van der Waals surface area (Å²) in [6.45, 7) is 0.782. The summed E-state index contributed by atoms with van der Waals surface area (Å²) in [7, 11) is -3.80. The van der Waals surface area contributed by atoms with Crippen LogP contribution in [0.1, 0.15) is 11.1 Å². The van der Waals surface area contributed by atoms with Crippen molar-refractivity contribution >= 4 is 45.2 Å². The van der Waals surface area contributed by atoms with Gasteiger partial charge < -0.3 is 4.90 Å². The molecule has 0 saturated carbocycles. The van der Waals surface area contributed by atoms with E-state index in [1.54, 1.807) is 41.3 Å². The van der Waals surface area contributed by atoms with Crippen LogP contribution in [0.5, 0.6) is 0 Å². The number of halogens is 2. The van der Waals surface area contributed by atoms with Gasteiger partial charge in [-0.25, -0.2) is 8.42 Å². The Bertz CT molecular complexity index is 1080. The van der Waals surface area contributed by atoms with Crippen LogP contribution in [0, 0.1) is 11.3 Å². The number of hydrogen-bond acceptors (Lipinski definition) is 4. The Morgan fingerprint density at radius 3 is 2.24 bits per heavy atom. The quantitative estimate of drug-likeness (QED) is 0.669. The maximum Gasteiger partial charge on any atom is 0.246 e. The van der Waals surface area contributed by atoms with E-state index in [4.69, 9.17) is 23.2 Å². The van der Waals surface area contributed by atoms with Crippen molar-refractivity contribution in [3.8, 4) is 6.07 Å². The van der Waals surface area contributed by atoms with Crippen molar-refractivity contribution < 1.29 is 13.2 Å². The van der Waals surface area contributed by atoms with Gasteiger partial charge in [-0.05, 0) is 30.3 Å². The molecule has 1 amide bonds. The van der Waals surface area contributed by atoms with E-state index in [9.17, 15) is 18.5 Å². The summed E-state index contributed by atoms with van der Waals surface area (Å²) in [4.78, 5) is 14.0. The highest BCUT2D eigenvalue weighted by Gasteiger charge is 2.31. The molecule has 0 spiro atoms. The lowest BCUT2D eigenvalue weighted by Crippen LogP contribution is -2.50. The number of carbonyl (C=O) groups is 1. The fourth-order valence-electron chi connectivity index (χ4n) is 3.00. The summed E-state index contributed by atoms with van der Waals surface area (Å²) < 4.78 is 27.0. The molecule has 9 heteroatoms. The van der Waals surface area contributed by atoms with Gasteiger partial charge in [0, 0.05) is 47.9 Å². The first-order valence-corrected chi connectivity index (χ1v) is 10.9. The second-order valence-corrected chi connectivity index (χ2v) is 9.03. The maximum atomic E-state index is 12.9. The number of hydrogen-bond donors (Lipinski definition) is 0. The van der Waals surface area contributed by atoms with Crippen LogP contribution >= 0.6 is 23.2 Å². The van der Waals surface area contributed by atoms with Crippen molar-refractivity contribution in [2.75, 3.05) is 26.2 Å². The zero-order valence-electron chi connectivity index (χ0n) is 15.3. The molecule has 0 radical (unpaired) electrons. The third-order valence-corrected chi connectivity index (χ3v) is 7.18. The van der Waals surface area contributed by atoms with E-state index in [1.807, 2.05) is 6.07 Å². The molecular formula is C20H17Cl2N3O3S. The molecular weight excluding hydrogens is 433 g/mol. The van der Waals surface area contributed by atoms with Crippen molar-refractivity contribution in [3.63, 3.8) is 0 Å². The topological polar surface area (TPSA) is 81.5 Å².